The van der Waals surface area contributed by atoms with Crippen molar-refractivity contribution >= 4 is 5.91 Å². The van der Waals surface area contributed by atoms with Gasteiger partial charge in [-0.05, 0) is 62.3 Å². The normalized spacial score (nSPS) is 20.5. The molecule has 0 aliphatic carbocycles. The van der Waals surface area contributed by atoms with Gasteiger partial charge < -0.3 is 14.8 Å². The average Bonchev–Trinajstić information content (AvgIpc) is 2.80. The van der Waals surface area contributed by atoms with E-state index in [0.717, 1.165) is 75.4 Å². The Morgan fingerprint density at radius 3 is 2.81 bits per heavy atom. The van der Waals surface area contributed by atoms with Crippen LogP contribution < -0.4 is 10.1 Å². The van der Waals surface area contributed by atoms with Crippen molar-refractivity contribution in [3.05, 3.63) is 59.4 Å². The number of fused-ring (bicyclic) bond motifs is 1. The number of hydrogen-bond donors (Lipinski definition) is 1. The molecule has 2 aliphatic rings. The summed E-state index contributed by atoms with van der Waals surface area (Å²) in [4.78, 5) is 19.4. The number of para-hydroxylation sites is 1. The molecule has 1 saturated heterocycles. The molecule has 6 nitrogen and oxygen atoms in total. The minimum absolute atomic E-state index is 0.0399. The number of carbonyl (C=O) groups excluding carboxylic acids is 1. The number of carbonyl (C=O) groups is 1. The van der Waals surface area contributed by atoms with Gasteiger partial charge in [-0.25, -0.2) is 0 Å². The molecule has 0 radical (unpaired) electrons. The van der Waals surface area contributed by atoms with E-state index in [1.54, 1.807) is 0 Å². The fourth-order valence-corrected chi connectivity index (χ4v) is 4.40. The van der Waals surface area contributed by atoms with Crippen molar-refractivity contribution in [1.29, 1.82) is 0 Å². The highest BCUT2D eigenvalue weighted by Crippen LogP contribution is 2.28. The number of hydrogen-bond acceptors (Lipinski definition) is 5. The van der Waals surface area contributed by atoms with Crippen molar-refractivity contribution in [3.8, 4) is 5.75 Å². The zero-order valence-electron chi connectivity index (χ0n) is 18.4. The van der Waals surface area contributed by atoms with Gasteiger partial charge in [-0.15, -0.1) is 0 Å². The van der Waals surface area contributed by atoms with Crippen molar-refractivity contribution in [2.24, 2.45) is 0 Å². The van der Waals surface area contributed by atoms with Gasteiger partial charge in [0, 0.05) is 39.0 Å². The molecule has 2 aromatic rings. The van der Waals surface area contributed by atoms with Crippen LogP contribution >= 0.6 is 0 Å². The third-order valence-corrected chi connectivity index (χ3v) is 6.45. The van der Waals surface area contributed by atoms with Gasteiger partial charge in [-0.2, -0.15) is 0 Å². The van der Waals surface area contributed by atoms with Crippen molar-refractivity contribution in [1.82, 2.24) is 15.2 Å². The molecule has 1 aromatic heterocycles. The van der Waals surface area contributed by atoms with E-state index in [0.29, 0.717) is 6.54 Å². The Bertz CT molecular complexity index is 878. The van der Waals surface area contributed by atoms with Crippen molar-refractivity contribution in [2.45, 2.75) is 51.2 Å². The first-order valence-corrected chi connectivity index (χ1v) is 11.4. The molecule has 1 fully saturated rings. The summed E-state index contributed by atoms with van der Waals surface area (Å²) in [5.41, 5.74) is 3.22. The number of benzene rings is 1. The molecule has 31 heavy (non-hydrogen) atoms. The lowest BCUT2D eigenvalue weighted by molar-refractivity contribution is -0.127. The number of aryl methyl sites for hydroxylation is 2. The van der Waals surface area contributed by atoms with Gasteiger partial charge >= 0.3 is 0 Å². The predicted octanol–water partition coefficient (Wildman–Crippen LogP) is 3.27. The molecule has 0 saturated carbocycles. The maximum atomic E-state index is 12.5. The van der Waals surface area contributed by atoms with E-state index in [2.05, 4.69) is 34.3 Å². The average molecular weight is 424 g/mol. The molecular weight excluding hydrogens is 390 g/mol. The van der Waals surface area contributed by atoms with E-state index in [1.165, 1.54) is 5.56 Å². The number of pyridine rings is 1. The molecule has 1 amide bonds. The molecule has 0 bridgehead atoms. The number of aromatic nitrogens is 1. The zero-order valence-corrected chi connectivity index (χ0v) is 18.4. The summed E-state index contributed by atoms with van der Waals surface area (Å²) in [5.74, 6) is 0.717. The molecule has 4 rings (SSSR count). The van der Waals surface area contributed by atoms with Gasteiger partial charge in [0.15, 0.2) is 6.61 Å². The van der Waals surface area contributed by atoms with E-state index in [1.807, 2.05) is 30.5 Å². The highest BCUT2D eigenvalue weighted by Gasteiger charge is 2.36. The smallest absolute Gasteiger partial charge is 0.258 e. The third kappa shape index (κ3) is 5.83. The van der Waals surface area contributed by atoms with Crippen LogP contribution in [0, 0.1) is 6.92 Å². The number of piperidine rings is 1. The van der Waals surface area contributed by atoms with Gasteiger partial charge in [0.25, 0.3) is 5.91 Å². The van der Waals surface area contributed by atoms with E-state index in [9.17, 15) is 4.79 Å². The van der Waals surface area contributed by atoms with Crippen molar-refractivity contribution < 1.29 is 14.3 Å². The number of rotatable bonds is 2. The predicted molar refractivity (Wildman–Crippen MR) is 120 cm³/mol. The molecule has 1 aromatic carbocycles. The lowest BCUT2D eigenvalue weighted by atomic mass is 9.90. The molecular formula is C25H33N3O3. The topological polar surface area (TPSA) is 63.7 Å². The lowest BCUT2D eigenvalue weighted by Gasteiger charge is -2.42. The summed E-state index contributed by atoms with van der Waals surface area (Å²) >= 11 is 0. The zero-order chi connectivity index (χ0) is 21.5. The number of nitrogens with zero attached hydrogens (tertiary/aromatic N) is 2. The second-order valence-electron chi connectivity index (χ2n) is 8.70. The Kier molecular flexibility index (Phi) is 7.20. The van der Waals surface area contributed by atoms with E-state index < -0.39 is 0 Å². The molecule has 166 valence electrons. The molecule has 3 heterocycles. The Balaban J connectivity index is 1.36. The number of nitrogens with one attached hydrogen (secondary N) is 1. The Morgan fingerprint density at radius 1 is 1.13 bits per heavy atom. The molecule has 1 N–H and O–H groups in total. The van der Waals surface area contributed by atoms with E-state index >= 15 is 0 Å². The fraction of sp³-hybridized carbons (Fsp3) is 0.520. The van der Waals surface area contributed by atoms with Crippen LogP contribution in [0.4, 0.5) is 0 Å². The minimum Gasteiger partial charge on any atom is -0.483 e. The summed E-state index contributed by atoms with van der Waals surface area (Å²) in [6, 6.07) is 12.1. The number of amides is 1. The second kappa shape index (κ2) is 10.2. The van der Waals surface area contributed by atoms with Crippen LogP contribution in [-0.4, -0.2) is 54.2 Å². The summed E-state index contributed by atoms with van der Waals surface area (Å²) in [7, 11) is 0. The van der Waals surface area contributed by atoms with Crippen LogP contribution in [0.15, 0.2) is 42.6 Å². The van der Waals surface area contributed by atoms with Crippen LogP contribution in [0.5, 0.6) is 5.75 Å². The Hall–Kier alpha value is -2.44. The van der Waals surface area contributed by atoms with Gasteiger partial charge in [0.1, 0.15) is 5.75 Å². The summed E-state index contributed by atoms with van der Waals surface area (Å²) in [5, 5.41) is 3.07. The number of likely N-dealkylation sites (tertiary alicyclic amines) is 1. The quantitative estimate of drug-likeness (QED) is 0.803. The monoisotopic (exact) mass is 423 g/mol. The SMILES string of the molecule is Cc1cccnc1CN1CCC2(CC1)CNC(=O)COc1ccccc1CCCCO2. The first-order valence-electron chi connectivity index (χ1n) is 11.4. The second-order valence-corrected chi connectivity index (χ2v) is 8.70. The standard InChI is InChI=1S/C25H33N3O3/c1-20-7-6-13-26-22(20)17-28-14-11-25(12-15-28)19-27-24(29)18-30-23-10-3-2-8-21(23)9-4-5-16-31-25/h2-3,6-8,10,13H,4-5,9,11-12,14-19H2,1H3,(H,27,29). The highest BCUT2D eigenvalue weighted by molar-refractivity contribution is 5.77. The van der Waals surface area contributed by atoms with Crippen LogP contribution in [0.3, 0.4) is 0 Å². The summed E-state index contributed by atoms with van der Waals surface area (Å²) in [6.45, 7) is 6.15. The third-order valence-electron chi connectivity index (χ3n) is 6.45. The van der Waals surface area contributed by atoms with E-state index in [4.69, 9.17) is 9.47 Å². The maximum absolute atomic E-state index is 12.5. The van der Waals surface area contributed by atoms with E-state index in [-0.39, 0.29) is 18.1 Å². The molecule has 0 unspecified atom stereocenters. The highest BCUT2D eigenvalue weighted by atomic mass is 16.5. The summed E-state index contributed by atoms with van der Waals surface area (Å²) in [6.07, 6.45) is 6.65. The van der Waals surface area contributed by atoms with Gasteiger partial charge in [-0.3, -0.25) is 14.7 Å². The van der Waals surface area contributed by atoms with Gasteiger partial charge in [-0.1, -0.05) is 24.3 Å². The van der Waals surface area contributed by atoms with Crippen LogP contribution in [0.2, 0.25) is 0 Å². The van der Waals surface area contributed by atoms with Gasteiger partial charge in [0.05, 0.1) is 11.3 Å². The van der Waals surface area contributed by atoms with Gasteiger partial charge in [0.2, 0.25) is 0 Å². The fourth-order valence-electron chi connectivity index (χ4n) is 4.40. The summed E-state index contributed by atoms with van der Waals surface area (Å²) < 4.78 is 12.3. The lowest BCUT2D eigenvalue weighted by Crippen LogP contribution is -2.53. The molecule has 0 atom stereocenters. The first kappa shape index (κ1) is 21.8. The Labute approximate surface area is 185 Å². The number of ether oxygens (including phenoxy) is 2. The molecule has 1 spiro atoms. The first-order chi connectivity index (χ1) is 15.1. The molecule has 2 aliphatic heterocycles. The van der Waals surface area contributed by atoms with Crippen LogP contribution in [0.25, 0.3) is 0 Å². The largest absolute Gasteiger partial charge is 0.483 e. The molecule has 6 heteroatoms. The maximum Gasteiger partial charge on any atom is 0.258 e. The minimum atomic E-state index is -0.299. The van der Waals surface area contributed by atoms with Crippen LogP contribution in [-0.2, 0) is 22.5 Å². The van der Waals surface area contributed by atoms with Crippen LogP contribution in [0.1, 0.15) is 42.5 Å². The van der Waals surface area contributed by atoms with Crippen molar-refractivity contribution in [3.63, 3.8) is 0 Å². The Morgan fingerprint density at radius 2 is 1.97 bits per heavy atom. The van der Waals surface area contributed by atoms with Crippen molar-refractivity contribution in [2.75, 3.05) is 32.8 Å².